The Kier molecular flexibility index (Phi) is 5.52. The van der Waals surface area contributed by atoms with E-state index in [1.54, 1.807) is 6.21 Å². The number of hydrogen-bond donors (Lipinski definition) is 1. The minimum Gasteiger partial charge on any atom is -0.386 e. The third-order valence-electron chi connectivity index (χ3n) is 2.98. The zero-order valence-electron chi connectivity index (χ0n) is 12.0. The van der Waals surface area contributed by atoms with E-state index in [1.165, 1.54) is 0 Å². The van der Waals surface area contributed by atoms with Crippen molar-refractivity contribution in [1.29, 1.82) is 0 Å². The summed E-state index contributed by atoms with van der Waals surface area (Å²) < 4.78 is 0. The Labute approximate surface area is 124 Å². The fourth-order valence-corrected chi connectivity index (χ4v) is 1.77. The summed E-state index contributed by atoms with van der Waals surface area (Å²) in [5, 5.41) is 6.58. The molecule has 0 radical (unpaired) electrons. The minimum absolute atomic E-state index is 0.0881. The van der Waals surface area contributed by atoms with Crippen LogP contribution in [0.4, 0.5) is 0 Å². The number of oxime groups is 1. The van der Waals surface area contributed by atoms with Gasteiger partial charge < -0.3 is 10.2 Å². The number of amides is 1. The van der Waals surface area contributed by atoms with Crippen LogP contribution in [0.2, 0.25) is 0 Å². The van der Waals surface area contributed by atoms with Crippen LogP contribution in [-0.2, 0) is 16.2 Å². The van der Waals surface area contributed by atoms with Crippen molar-refractivity contribution >= 4 is 12.1 Å². The van der Waals surface area contributed by atoms with Crippen molar-refractivity contribution in [1.82, 2.24) is 5.32 Å². The fourth-order valence-electron chi connectivity index (χ4n) is 1.77. The summed E-state index contributed by atoms with van der Waals surface area (Å²) in [7, 11) is 0. The van der Waals surface area contributed by atoms with Crippen molar-refractivity contribution in [3.63, 3.8) is 0 Å². The molecule has 0 aliphatic carbocycles. The Morgan fingerprint density at radius 1 is 1.14 bits per heavy atom. The molecular formula is C17H18N2O2. The summed E-state index contributed by atoms with van der Waals surface area (Å²) in [6, 6.07) is 17.6. The summed E-state index contributed by atoms with van der Waals surface area (Å²) in [5.74, 6) is -0.194. The quantitative estimate of drug-likeness (QED) is 0.654. The van der Waals surface area contributed by atoms with E-state index in [2.05, 4.69) is 10.5 Å². The zero-order chi connectivity index (χ0) is 14.9. The van der Waals surface area contributed by atoms with Gasteiger partial charge in [-0.1, -0.05) is 59.8 Å². The lowest BCUT2D eigenvalue weighted by molar-refractivity contribution is -0.125. The highest BCUT2D eigenvalue weighted by atomic mass is 16.6. The highest BCUT2D eigenvalue weighted by Gasteiger charge is 2.01. The zero-order valence-corrected chi connectivity index (χ0v) is 12.0. The number of benzene rings is 2. The van der Waals surface area contributed by atoms with Crippen LogP contribution < -0.4 is 5.32 Å². The average molecular weight is 282 g/mol. The molecule has 0 spiro atoms. The molecule has 0 aliphatic heterocycles. The topological polar surface area (TPSA) is 50.7 Å². The molecule has 0 bridgehead atoms. The largest absolute Gasteiger partial charge is 0.386 e. The molecule has 4 nitrogen and oxygen atoms in total. The molecule has 0 aliphatic rings. The predicted octanol–water partition coefficient (Wildman–Crippen LogP) is 2.66. The molecule has 0 saturated heterocycles. The maximum atomic E-state index is 11.6. The normalized spacial score (nSPS) is 10.5. The van der Waals surface area contributed by atoms with Gasteiger partial charge in [0.05, 0.1) is 6.21 Å². The molecule has 0 fully saturated rings. The lowest BCUT2D eigenvalue weighted by atomic mass is 10.1. The van der Waals surface area contributed by atoms with Gasteiger partial charge in [-0.15, -0.1) is 0 Å². The number of carbonyl (C=O) groups excluding carboxylic acids is 1. The van der Waals surface area contributed by atoms with E-state index in [-0.39, 0.29) is 12.5 Å². The molecule has 21 heavy (non-hydrogen) atoms. The third kappa shape index (κ3) is 5.10. The maximum absolute atomic E-state index is 11.6. The maximum Gasteiger partial charge on any atom is 0.261 e. The van der Waals surface area contributed by atoms with E-state index >= 15 is 0 Å². The van der Waals surface area contributed by atoms with Crippen molar-refractivity contribution in [3.8, 4) is 0 Å². The second-order valence-corrected chi connectivity index (χ2v) is 4.63. The summed E-state index contributed by atoms with van der Waals surface area (Å²) >= 11 is 0. The number of nitrogens with one attached hydrogen (secondary N) is 1. The monoisotopic (exact) mass is 282 g/mol. The number of hydrogen-bond acceptors (Lipinski definition) is 3. The Balaban J connectivity index is 1.71. The van der Waals surface area contributed by atoms with Crippen LogP contribution in [0.1, 0.15) is 16.7 Å². The molecule has 0 aromatic heterocycles. The van der Waals surface area contributed by atoms with Crippen LogP contribution in [0.5, 0.6) is 0 Å². The first-order valence-corrected chi connectivity index (χ1v) is 6.77. The van der Waals surface area contributed by atoms with Gasteiger partial charge in [0, 0.05) is 6.54 Å². The molecule has 0 saturated carbocycles. The van der Waals surface area contributed by atoms with Crippen molar-refractivity contribution in [2.75, 3.05) is 6.61 Å². The highest BCUT2D eigenvalue weighted by molar-refractivity contribution is 5.81. The average Bonchev–Trinajstić information content (AvgIpc) is 2.52. The van der Waals surface area contributed by atoms with Gasteiger partial charge in [0.2, 0.25) is 0 Å². The van der Waals surface area contributed by atoms with Gasteiger partial charge in [-0.05, 0) is 23.6 Å². The lowest BCUT2D eigenvalue weighted by Gasteiger charge is -2.04. The fraction of sp³-hybridized carbons (Fsp3) is 0.176. The lowest BCUT2D eigenvalue weighted by Crippen LogP contribution is -2.26. The smallest absolute Gasteiger partial charge is 0.261 e. The number of rotatable bonds is 6. The molecule has 108 valence electrons. The Morgan fingerprint density at radius 2 is 1.86 bits per heavy atom. The minimum atomic E-state index is -0.194. The van der Waals surface area contributed by atoms with E-state index in [0.29, 0.717) is 6.54 Å². The first-order chi connectivity index (χ1) is 10.3. The molecule has 0 atom stereocenters. The molecule has 0 unspecified atom stereocenters. The molecule has 0 heterocycles. The molecule has 2 aromatic carbocycles. The van der Waals surface area contributed by atoms with Gasteiger partial charge in [-0.3, -0.25) is 4.79 Å². The van der Waals surface area contributed by atoms with Gasteiger partial charge in [-0.25, -0.2) is 0 Å². The van der Waals surface area contributed by atoms with Crippen LogP contribution in [0.15, 0.2) is 59.8 Å². The summed E-state index contributed by atoms with van der Waals surface area (Å²) in [4.78, 5) is 16.6. The second-order valence-electron chi connectivity index (χ2n) is 4.63. The van der Waals surface area contributed by atoms with Crippen molar-refractivity contribution in [2.45, 2.75) is 13.5 Å². The standard InChI is InChI=1S/C17H18N2O2/c1-14-7-5-6-10-16(14)12-19-21-13-17(20)18-11-15-8-3-2-4-9-15/h2-10,12H,11,13H2,1H3,(H,18,20)/b19-12-. The number of carbonyl (C=O) groups is 1. The molecule has 4 heteroatoms. The van der Waals surface area contributed by atoms with E-state index < -0.39 is 0 Å². The predicted molar refractivity (Wildman–Crippen MR) is 83.0 cm³/mol. The number of nitrogens with zero attached hydrogens (tertiary/aromatic N) is 1. The molecular weight excluding hydrogens is 264 g/mol. The van der Waals surface area contributed by atoms with Crippen molar-refractivity contribution in [2.24, 2.45) is 5.16 Å². The molecule has 2 aromatic rings. The first kappa shape index (κ1) is 14.8. The van der Waals surface area contributed by atoms with Crippen LogP contribution in [0.3, 0.4) is 0 Å². The van der Waals surface area contributed by atoms with Crippen LogP contribution in [0.25, 0.3) is 0 Å². The van der Waals surface area contributed by atoms with E-state index in [1.807, 2.05) is 61.5 Å². The van der Waals surface area contributed by atoms with Crippen LogP contribution in [0, 0.1) is 6.92 Å². The van der Waals surface area contributed by atoms with Gasteiger partial charge >= 0.3 is 0 Å². The Morgan fingerprint density at radius 3 is 2.62 bits per heavy atom. The highest BCUT2D eigenvalue weighted by Crippen LogP contribution is 2.03. The van der Waals surface area contributed by atoms with Gasteiger partial charge in [0.15, 0.2) is 6.61 Å². The van der Waals surface area contributed by atoms with Gasteiger partial charge in [-0.2, -0.15) is 0 Å². The molecule has 2 rings (SSSR count). The van der Waals surface area contributed by atoms with E-state index in [4.69, 9.17) is 4.84 Å². The SMILES string of the molecule is Cc1ccccc1/C=N\OCC(=O)NCc1ccccc1. The Hall–Kier alpha value is -2.62. The van der Waals surface area contributed by atoms with Gasteiger partial charge in [0.25, 0.3) is 5.91 Å². The van der Waals surface area contributed by atoms with Crippen LogP contribution >= 0.6 is 0 Å². The second kappa shape index (κ2) is 7.85. The summed E-state index contributed by atoms with van der Waals surface area (Å²) in [6.07, 6.45) is 1.61. The van der Waals surface area contributed by atoms with Crippen molar-refractivity contribution < 1.29 is 9.63 Å². The van der Waals surface area contributed by atoms with Crippen molar-refractivity contribution in [3.05, 3.63) is 71.3 Å². The summed E-state index contributed by atoms with van der Waals surface area (Å²) in [6.45, 7) is 2.40. The molecule has 1 amide bonds. The first-order valence-electron chi connectivity index (χ1n) is 6.77. The van der Waals surface area contributed by atoms with E-state index in [0.717, 1.165) is 16.7 Å². The van der Waals surface area contributed by atoms with Crippen LogP contribution in [-0.4, -0.2) is 18.7 Å². The third-order valence-corrected chi connectivity index (χ3v) is 2.98. The Bertz CT molecular complexity index is 609. The van der Waals surface area contributed by atoms with E-state index in [9.17, 15) is 4.79 Å². The summed E-state index contributed by atoms with van der Waals surface area (Å²) in [5.41, 5.74) is 3.13. The van der Waals surface area contributed by atoms with Gasteiger partial charge in [0.1, 0.15) is 0 Å². The number of aryl methyl sites for hydroxylation is 1. The molecule has 1 N–H and O–H groups in total.